The number of hydrogen-bond acceptors (Lipinski definition) is 0. The monoisotopic (exact) mass is 404 g/mol. The molecule has 0 saturated heterocycles. The molecule has 0 radical (unpaired) electrons. The Kier molecular flexibility index (Phi) is 213. The van der Waals surface area contributed by atoms with Gasteiger partial charge in [-0.25, -0.2) is 0 Å². The van der Waals surface area contributed by atoms with Gasteiger partial charge in [0.2, 0.25) is 0 Å². The smallest absolute Gasteiger partial charge is 2.00 e. The summed E-state index contributed by atoms with van der Waals surface area (Å²) in [5.74, 6) is 0. The molecule has 0 bridgehead atoms. The summed E-state index contributed by atoms with van der Waals surface area (Å²) in [5.41, 5.74) is 0. The van der Waals surface area contributed by atoms with Gasteiger partial charge in [-0.3, -0.25) is 0 Å². The largest absolute Gasteiger partial charge is 2.00 e. The van der Waals surface area contributed by atoms with Crippen LogP contribution in [0.5, 0.6) is 0 Å². The summed E-state index contributed by atoms with van der Waals surface area (Å²) >= 11 is 0. The normalized spacial score (nSPS) is 0. The summed E-state index contributed by atoms with van der Waals surface area (Å²) in [6.45, 7) is 0. The minimum absolute atomic E-state index is 0. The molecule has 0 saturated carbocycles. The maximum atomic E-state index is 0. The molecule has 16 valence electrons. The van der Waals surface area contributed by atoms with E-state index in [0.717, 1.165) is 0 Å². The van der Waals surface area contributed by atoms with Crippen molar-refractivity contribution in [2.75, 3.05) is 0 Å². The van der Waals surface area contributed by atoms with Crippen LogP contribution in [0.25, 0.3) is 0 Å². The average molecular weight is 401 g/mol. The van der Waals surface area contributed by atoms with Crippen LogP contribution in [0.15, 0.2) is 0 Å². The molecule has 0 aliphatic heterocycles. The van der Waals surface area contributed by atoms with Crippen molar-refractivity contribution >= 4 is 30.6 Å². The Balaban J connectivity index is 0. The van der Waals surface area contributed by atoms with Crippen molar-refractivity contribution in [2.45, 2.75) is 0 Å². The molecule has 0 heterocycles. The topological polar surface area (TPSA) is 0 Å². The molecule has 5 heteroatoms. The van der Waals surface area contributed by atoms with E-state index in [9.17, 15) is 0 Å². The Bertz CT molecular complexity index is 9.61. The first-order valence-electron chi connectivity index (χ1n) is 0. The Hall–Kier alpha value is 3.34. The summed E-state index contributed by atoms with van der Waals surface area (Å²) in [7, 11) is 0. The number of rotatable bonds is 0. The minimum Gasteiger partial charge on any atom is -2.00 e. The number of hydrogen-bond donors (Lipinski definition) is 0. The summed E-state index contributed by atoms with van der Waals surface area (Å²) in [5, 5.41) is 0. The molecule has 0 rings (SSSR count). The van der Waals surface area contributed by atoms with Crippen LogP contribution in [0.1, 0.15) is 0 Å². The third-order valence-electron chi connectivity index (χ3n) is 0. The molecule has 0 atom stereocenters. The predicted molar refractivity (Wildman–Crippen MR) is 13.1 cm³/mol. The zero-order valence-electron chi connectivity index (χ0n) is 2.94. The van der Waals surface area contributed by atoms with Crippen LogP contribution in [0, 0.1) is 0 Å². The van der Waals surface area contributed by atoms with Gasteiger partial charge in [-0.1, -0.05) is 0 Å². The fourth-order valence-electron chi connectivity index (χ4n) is 0. The van der Waals surface area contributed by atoms with Gasteiger partial charge in [0, 0.05) is 0 Å². The first-order chi connectivity index (χ1) is 0. The minimum atomic E-state index is 0. The van der Waals surface area contributed by atoms with Gasteiger partial charge in [-0.15, -0.1) is 0 Å². The Labute approximate surface area is 103 Å². The van der Waals surface area contributed by atoms with Crippen LogP contribution in [-0.2, 0) is 87.6 Å². The van der Waals surface area contributed by atoms with E-state index in [-0.39, 0.29) is 105 Å². The second-order valence-corrected chi connectivity index (χ2v) is 0. The molecule has 0 aliphatic rings. The zero-order valence-corrected chi connectivity index (χ0v) is 16.5. The van der Waals surface area contributed by atoms with Crippen LogP contribution in [0.4, 0.5) is 0 Å². The van der Waals surface area contributed by atoms with Crippen LogP contribution in [0.2, 0.25) is 0 Å². The molecule has 0 amide bonds. The fourth-order valence-corrected chi connectivity index (χ4v) is 0. The van der Waals surface area contributed by atoms with Gasteiger partial charge >= 0.3 is 74.1 Å². The van der Waals surface area contributed by atoms with E-state index in [1.54, 1.807) is 0 Å². The van der Waals surface area contributed by atoms with Gasteiger partial charge in [0.15, 0.2) is 0 Å². The first kappa shape index (κ1) is 40.3. The molecule has 0 unspecified atom stereocenters. The molecular formula is Cd2SSeZn+2. The molecule has 0 N–H and O–H groups in total. The van der Waals surface area contributed by atoms with Gasteiger partial charge in [0.1, 0.15) is 0 Å². The van der Waals surface area contributed by atoms with E-state index in [2.05, 4.69) is 0 Å². The van der Waals surface area contributed by atoms with Crippen molar-refractivity contribution in [1.29, 1.82) is 0 Å². The average Bonchev–Trinajstić information content (AvgIpc) is 0. The molecule has 0 aliphatic carbocycles. The van der Waals surface area contributed by atoms with Crippen LogP contribution < -0.4 is 0 Å². The summed E-state index contributed by atoms with van der Waals surface area (Å²) in [6.07, 6.45) is 0. The van der Waals surface area contributed by atoms with E-state index in [1.165, 1.54) is 0 Å². The summed E-state index contributed by atoms with van der Waals surface area (Å²) in [4.78, 5) is 0. The molecule has 0 spiro atoms. The van der Waals surface area contributed by atoms with E-state index < -0.39 is 0 Å². The van der Waals surface area contributed by atoms with Gasteiger partial charge in [-0.05, 0) is 0 Å². The van der Waals surface area contributed by atoms with E-state index in [4.69, 9.17) is 0 Å². The Morgan fingerprint density at radius 2 is 0.800 bits per heavy atom. The first-order valence-corrected chi connectivity index (χ1v) is 0. The maximum absolute atomic E-state index is 0. The third-order valence-corrected chi connectivity index (χ3v) is 0. The Morgan fingerprint density at radius 1 is 0.800 bits per heavy atom. The van der Waals surface area contributed by atoms with E-state index in [1.807, 2.05) is 0 Å². The fraction of sp³-hybridized carbons (Fsp3) is 0. The zero-order chi connectivity index (χ0) is 0. The van der Waals surface area contributed by atoms with Crippen LogP contribution in [0.3, 0.4) is 0 Å². The molecule has 0 aromatic heterocycles. The molecular weight excluding hydrogens is 401 g/mol. The van der Waals surface area contributed by atoms with Crippen LogP contribution >= 0.6 is 0 Å². The molecule has 0 aromatic rings. The summed E-state index contributed by atoms with van der Waals surface area (Å²) in [6, 6.07) is 0. The van der Waals surface area contributed by atoms with Crippen molar-refractivity contribution in [1.82, 2.24) is 0 Å². The standard InChI is InChI=1S/2Cd.S.Se.Zn/q2*+2;2*-2;+2. The molecule has 0 nitrogen and oxygen atoms in total. The van der Waals surface area contributed by atoms with Crippen molar-refractivity contribution in [3.8, 4) is 0 Å². The quantitative estimate of drug-likeness (QED) is 0.486. The SMILES string of the molecule is [Cd+2].[Cd+2].[S-2].[Se-2].[Zn+2]. The van der Waals surface area contributed by atoms with Gasteiger partial charge in [0.05, 0.1) is 0 Å². The van der Waals surface area contributed by atoms with Gasteiger partial charge in [-0.2, -0.15) is 0 Å². The molecule has 5 heavy (non-hydrogen) atoms. The van der Waals surface area contributed by atoms with Crippen LogP contribution in [-0.4, -0.2) is 17.1 Å². The van der Waals surface area contributed by atoms with E-state index >= 15 is 0 Å². The van der Waals surface area contributed by atoms with Crippen molar-refractivity contribution in [3.63, 3.8) is 0 Å². The second-order valence-electron chi connectivity index (χ2n) is 0. The molecule has 0 fully saturated rings. The maximum Gasteiger partial charge on any atom is 2.00 e. The van der Waals surface area contributed by atoms with Crippen molar-refractivity contribution < 1.29 is 74.1 Å². The Morgan fingerprint density at radius 3 is 0.800 bits per heavy atom. The predicted octanol–water partition coefficient (Wildman–Crippen LogP) is -0.391. The van der Waals surface area contributed by atoms with Gasteiger partial charge in [0.25, 0.3) is 0 Å². The van der Waals surface area contributed by atoms with Gasteiger partial charge < -0.3 is 30.6 Å². The molecule has 0 aromatic carbocycles. The summed E-state index contributed by atoms with van der Waals surface area (Å²) < 4.78 is 0. The third kappa shape index (κ3) is 18.8. The van der Waals surface area contributed by atoms with Crippen molar-refractivity contribution in [2.24, 2.45) is 0 Å². The van der Waals surface area contributed by atoms with Crippen molar-refractivity contribution in [3.05, 3.63) is 0 Å². The van der Waals surface area contributed by atoms with E-state index in [0.29, 0.717) is 0 Å². The second kappa shape index (κ2) is 26.5.